The summed E-state index contributed by atoms with van der Waals surface area (Å²) in [5, 5.41) is 8.58. The van der Waals surface area contributed by atoms with Crippen LogP contribution in [0.15, 0.2) is 194 Å². The molecule has 0 radical (unpaired) electrons. The average Bonchev–Trinajstić information content (AvgIpc) is 3.63. The van der Waals surface area contributed by atoms with Crippen molar-refractivity contribution in [2.24, 2.45) is 0 Å². The van der Waals surface area contributed by atoms with Crippen molar-refractivity contribution >= 4 is 76.2 Å². The molecule has 10 aromatic rings. The third-order valence-corrected chi connectivity index (χ3v) is 14.6. The monoisotopic (exact) mass is 713 g/mol. The third kappa shape index (κ3) is 5.32. The standard InChI is InChI=1S/C49H32NOPS/c51-52(38-19-3-1-4-20-38,39-21-5-2-6-22-39)40-23-12-18-36(31-40)34-16-11-17-35(30-34)37-28-29-43-45(32-37)50-48(42-26-13-15-33-14-7-8-24-41(33)42)49-47(43)44-25-9-10-27-46(44)53-49/h1-32H. The summed E-state index contributed by atoms with van der Waals surface area (Å²) in [7, 11) is -3.11. The first-order valence-corrected chi connectivity index (χ1v) is 20.3. The second-order valence-electron chi connectivity index (χ2n) is 13.4. The molecule has 0 spiro atoms. The van der Waals surface area contributed by atoms with Crippen molar-refractivity contribution in [3.8, 4) is 33.5 Å². The Kier molecular flexibility index (Phi) is 7.65. The molecule has 0 N–H and O–H groups in total. The fourth-order valence-corrected chi connectivity index (χ4v) is 11.7. The molecule has 53 heavy (non-hydrogen) atoms. The molecule has 4 heteroatoms. The minimum atomic E-state index is -3.11. The summed E-state index contributed by atoms with van der Waals surface area (Å²) < 4.78 is 17.6. The van der Waals surface area contributed by atoms with Gasteiger partial charge in [-0.2, -0.15) is 0 Å². The van der Waals surface area contributed by atoms with Gasteiger partial charge in [-0.3, -0.25) is 0 Å². The topological polar surface area (TPSA) is 30.0 Å². The highest BCUT2D eigenvalue weighted by molar-refractivity contribution is 7.85. The number of rotatable bonds is 6. The highest BCUT2D eigenvalue weighted by Gasteiger charge is 2.29. The SMILES string of the molecule is O=P(c1ccccc1)(c1ccccc1)c1cccc(-c2cccc(-c3ccc4c(c3)nc(-c3cccc5ccccc35)c3sc5ccccc5c34)c2)c1. The van der Waals surface area contributed by atoms with Gasteiger partial charge < -0.3 is 4.57 Å². The molecule has 250 valence electrons. The van der Waals surface area contributed by atoms with Gasteiger partial charge in [0.05, 0.1) is 15.9 Å². The Morgan fingerprint density at radius 1 is 0.434 bits per heavy atom. The Balaban J connectivity index is 1.12. The summed E-state index contributed by atoms with van der Waals surface area (Å²) in [6, 6.07) is 67.1. The van der Waals surface area contributed by atoms with Gasteiger partial charge in [-0.1, -0.05) is 170 Å². The van der Waals surface area contributed by atoms with Crippen molar-refractivity contribution < 1.29 is 4.57 Å². The molecule has 0 saturated carbocycles. The highest BCUT2D eigenvalue weighted by atomic mass is 32.1. The van der Waals surface area contributed by atoms with E-state index in [2.05, 4.69) is 121 Å². The molecular formula is C49H32NOPS. The van der Waals surface area contributed by atoms with Crippen LogP contribution in [0.4, 0.5) is 0 Å². The van der Waals surface area contributed by atoms with Gasteiger partial charge in [0, 0.05) is 42.3 Å². The van der Waals surface area contributed by atoms with E-state index in [-0.39, 0.29) is 0 Å². The number of pyridine rings is 1. The van der Waals surface area contributed by atoms with Crippen LogP contribution in [0.1, 0.15) is 0 Å². The second kappa shape index (κ2) is 12.8. The van der Waals surface area contributed by atoms with Crippen molar-refractivity contribution in [1.29, 1.82) is 0 Å². The normalized spacial score (nSPS) is 11.8. The number of hydrogen-bond donors (Lipinski definition) is 0. The van der Waals surface area contributed by atoms with E-state index in [1.807, 2.05) is 84.1 Å². The van der Waals surface area contributed by atoms with E-state index in [1.165, 1.54) is 30.9 Å². The van der Waals surface area contributed by atoms with Gasteiger partial charge in [-0.25, -0.2) is 4.98 Å². The van der Waals surface area contributed by atoms with Crippen molar-refractivity contribution in [1.82, 2.24) is 4.98 Å². The van der Waals surface area contributed by atoms with Crippen molar-refractivity contribution in [2.45, 2.75) is 0 Å². The zero-order chi connectivity index (χ0) is 35.4. The molecule has 0 amide bonds. The zero-order valence-electron chi connectivity index (χ0n) is 28.7. The molecule has 0 bridgehead atoms. The number of hydrogen-bond acceptors (Lipinski definition) is 3. The van der Waals surface area contributed by atoms with E-state index in [0.717, 1.165) is 60.3 Å². The van der Waals surface area contributed by atoms with Crippen LogP contribution in [-0.2, 0) is 4.57 Å². The Bertz CT molecular complexity index is 2990. The van der Waals surface area contributed by atoms with Gasteiger partial charge in [-0.05, 0) is 57.3 Å². The Hall–Kier alpha value is -6.12. The molecule has 10 rings (SSSR count). The Morgan fingerprint density at radius 2 is 1.00 bits per heavy atom. The molecule has 0 fully saturated rings. The summed E-state index contributed by atoms with van der Waals surface area (Å²) in [4.78, 5) is 5.46. The minimum Gasteiger partial charge on any atom is -0.309 e. The average molecular weight is 714 g/mol. The fourth-order valence-electron chi connectivity index (χ4n) is 7.76. The van der Waals surface area contributed by atoms with Crippen LogP contribution in [0.25, 0.3) is 75.4 Å². The van der Waals surface area contributed by atoms with E-state index in [9.17, 15) is 0 Å². The molecular weight excluding hydrogens is 682 g/mol. The molecule has 0 unspecified atom stereocenters. The van der Waals surface area contributed by atoms with E-state index in [4.69, 9.17) is 4.98 Å². The minimum absolute atomic E-state index is 0.820. The predicted molar refractivity (Wildman–Crippen MR) is 228 cm³/mol. The fraction of sp³-hybridized carbons (Fsp3) is 0. The van der Waals surface area contributed by atoms with E-state index < -0.39 is 7.14 Å². The maximum absolute atomic E-state index is 15.2. The van der Waals surface area contributed by atoms with Gasteiger partial charge in [0.15, 0.2) is 7.14 Å². The maximum atomic E-state index is 15.2. The van der Waals surface area contributed by atoms with Gasteiger partial charge >= 0.3 is 0 Å². The summed E-state index contributed by atoms with van der Waals surface area (Å²) in [5.41, 5.74) is 7.45. The quantitative estimate of drug-likeness (QED) is 0.161. The van der Waals surface area contributed by atoms with Gasteiger partial charge in [0.2, 0.25) is 0 Å². The summed E-state index contributed by atoms with van der Waals surface area (Å²) >= 11 is 1.82. The van der Waals surface area contributed by atoms with Gasteiger partial charge in [0.1, 0.15) is 0 Å². The number of fused-ring (bicyclic) bond motifs is 6. The smallest absolute Gasteiger partial charge is 0.171 e. The molecule has 2 aromatic heterocycles. The second-order valence-corrected chi connectivity index (χ2v) is 17.3. The third-order valence-electron chi connectivity index (χ3n) is 10.3. The lowest BCUT2D eigenvalue weighted by Crippen LogP contribution is -2.25. The Morgan fingerprint density at radius 3 is 1.75 bits per heavy atom. The summed E-state index contributed by atoms with van der Waals surface area (Å²) in [5.74, 6) is 0. The van der Waals surface area contributed by atoms with Crippen molar-refractivity contribution in [2.75, 3.05) is 0 Å². The number of aromatic nitrogens is 1. The molecule has 0 aliphatic heterocycles. The molecule has 0 saturated heterocycles. The number of benzene rings is 8. The maximum Gasteiger partial charge on any atom is 0.171 e. The van der Waals surface area contributed by atoms with Crippen molar-refractivity contribution in [3.63, 3.8) is 0 Å². The molecule has 0 aliphatic rings. The lowest BCUT2D eigenvalue weighted by Gasteiger charge is -2.20. The lowest BCUT2D eigenvalue weighted by molar-refractivity contribution is 0.592. The van der Waals surface area contributed by atoms with Crippen molar-refractivity contribution in [3.05, 3.63) is 194 Å². The molecule has 2 heterocycles. The number of nitrogens with zero attached hydrogens (tertiary/aromatic N) is 1. The molecule has 0 atom stereocenters. The van der Waals surface area contributed by atoms with E-state index >= 15 is 4.57 Å². The first-order chi connectivity index (χ1) is 26.1. The summed E-state index contributed by atoms with van der Waals surface area (Å²) in [6.45, 7) is 0. The Labute approximate surface area is 312 Å². The van der Waals surface area contributed by atoms with E-state index in [0.29, 0.717) is 0 Å². The van der Waals surface area contributed by atoms with E-state index in [1.54, 1.807) is 0 Å². The first kappa shape index (κ1) is 31.6. The van der Waals surface area contributed by atoms with Gasteiger partial charge in [-0.15, -0.1) is 11.3 Å². The van der Waals surface area contributed by atoms with Crippen LogP contribution in [0.5, 0.6) is 0 Å². The largest absolute Gasteiger partial charge is 0.309 e. The van der Waals surface area contributed by atoms with Crippen LogP contribution in [0.3, 0.4) is 0 Å². The van der Waals surface area contributed by atoms with Crippen LogP contribution in [0.2, 0.25) is 0 Å². The molecule has 2 nitrogen and oxygen atoms in total. The summed E-state index contributed by atoms with van der Waals surface area (Å²) in [6.07, 6.45) is 0. The molecule has 0 aliphatic carbocycles. The predicted octanol–water partition coefficient (Wildman–Crippen LogP) is 12.4. The highest BCUT2D eigenvalue weighted by Crippen LogP contribution is 2.45. The van der Waals surface area contributed by atoms with Crippen LogP contribution < -0.4 is 15.9 Å². The van der Waals surface area contributed by atoms with Crippen LogP contribution in [0, 0.1) is 0 Å². The zero-order valence-corrected chi connectivity index (χ0v) is 30.4. The number of thiophene rings is 1. The van der Waals surface area contributed by atoms with Gasteiger partial charge in [0.25, 0.3) is 0 Å². The molecule has 8 aromatic carbocycles. The first-order valence-electron chi connectivity index (χ1n) is 17.8. The lowest BCUT2D eigenvalue weighted by atomic mass is 9.96. The van der Waals surface area contributed by atoms with Crippen LogP contribution >= 0.6 is 18.5 Å². The van der Waals surface area contributed by atoms with Crippen LogP contribution in [-0.4, -0.2) is 4.98 Å².